The molecule has 0 radical (unpaired) electrons. The number of aryl methyl sites for hydroxylation is 1. The number of rotatable bonds is 4. The Morgan fingerprint density at radius 1 is 1.04 bits per heavy atom. The Morgan fingerprint density at radius 3 is 2.20 bits per heavy atom. The van der Waals surface area contributed by atoms with Crippen molar-refractivity contribution in [2.75, 3.05) is 5.32 Å². The van der Waals surface area contributed by atoms with Gasteiger partial charge in [0.1, 0.15) is 11.9 Å². The van der Waals surface area contributed by atoms with Gasteiger partial charge in [-0.15, -0.1) is 0 Å². The van der Waals surface area contributed by atoms with Crippen molar-refractivity contribution in [2.24, 2.45) is 7.05 Å². The summed E-state index contributed by atoms with van der Waals surface area (Å²) < 4.78 is 1.86. The maximum atomic E-state index is 12.4. The summed E-state index contributed by atoms with van der Waals surface area (Å²) in [5, 5.41) is 6.98. The first-order valence-electron chi connectivity index (χ1n) is 7.59. The smallest absolute Gasteiger partial charge is 0.320 e. The predicted octanol–water partition coefficient (Wildman–Crippen LogP) is 4.64. The highest BCUT2D eigenvalue weighted by molar-refractivity contribution is 6.30. The van der Waals surface area contributed by atoms with Gasteiger partial charge < -0.3 is 15.2 Å². The van der Waals surface area contributed by atoms with Crippen LogP contribution in [0.25, 0.3) is 0 Å². The number of aromatic nitrogens is 2. The van der Waals surface area contributed by atoms with Crippen molar-refractivity contribution < 1.29 is 4.79 Å². The maximum absolute atomic E-state index is 12.4. The van der Waals surface area contributed by atoms with E-state index in [4.69, 9.17) is 23.2 Å². The molecule has 0 aliphatic heterocycles. The van der Waals surface area contributed by atoms with E-state index in [0.29, 0.717) is 21.6 Å². The third-order valence-electron chi connectivity index (χ3n) is 3.70. The average molecular weight is 375 g/mol. The van der Waals surface area contributed by atoms with Gasteiger partial charge in [0.15, 0.2) is 0 Å². The van der Waals surface area contributed by atoms with E-state index in [2.05, 4.69) is 15.6 Å². The molecule has 2 N–H and O–H groups in total. The highest BCUT2D eigenvalue weighted by Crippen LogP contribution is 2.22. The summed E-state index contributed by atoms with van der Waals surface area (Å²) in [5.74, 6) is 0.716. The summed E-state index contributed by atoms with van der Waals surface area (Å²) in [6, 6.07) is 13.4. The summed E-state index contributed by atoms with van der Waals surface area (Å²) in [6.45, 7) is 0. The van der Waals surface area contributed by atoms with Crippen molar-refractivity contribution in [3.8, 4) is 0 Å². The minimum absolute atomic E-state index is 0.342. The lowest BCUT2D eigenvalue weighted by Crippen LogP contribution is -2.34. The maximum Gasteiger partial charge on any atom is 0.320 e. The first-order chi connectivity index (χ1) is 12.0. The van der Waals surface area contributed by atoms with Gasteiger partial charge in [-0.1, -0.05) is 35.3 Å². The predicted molar refractivity (Wildman–Crippen MR) is 100 cm³/mol. The zero-order valence-electron chi connectivity index (χ0n) is 13.4. The summed E-state index contributed by atoms with van der Waals surface area (Å²) in [4.78, 5) is 16.8. The van der Waals surface area contributed by atoms with Crippen LogP contribution in [0.1, 0.15) is 17.4 Å². The minimum Gasteiger partial charge on any atom is -0.336 e. The minimum atomic E-state index is -0.412. The molecule has 1 heterocycles. The normalized spacial score (nSPS) is 11.8. The Labute approximate surface area is 155 Å². The number of nitrogens with zero attached hydrogens (tertiary/aromatic N) is 2. The summed E-state index contributed by atoms with van der Waals surface area (Å²) in [6.07, 6.45) is 3.52. The number of carbonyl (C=O) groups is 1. The van der Waals surface area contributed by atoms with Gasteiger partial charge in [0, 0.05) is 35.2 Å². The summed E-state index contributed by atoms with van der Waals surface area (Å²) >= 11 is 11.8. The molecule has 25 heavy (non-hydrogen) atoms. The summed E-state index contributed by atoms with van der Waals surface area (Å²) in [5.41, 5.74) is 1.53. The van der Waals surface area contributed by atoms with Crippen molar-refractivity contribution >= 4 is 34.9 Å². The number of hydrogen-bond acceptors (Lipinski definition) is 2. The fourth-order valence-electron chi connectivity index (χ4n) is 2.44. The number of imidazole rings is 1. The number of urea groups is 1. The van der Waals surface area contributed by atoms with Crippen LogP contribution >= 0.6 is 23.2 Å². The van der Waals surface area contributed by atoms with Crippen LogP contribution < -0.4 is 10.6 Å². The highest BCUT2D eigenvalue weighted by Gasteiger charge is 2.20. The molecule has 2 amide bonds. The van der Waals surface area contributed by atoms with Gasteiger partial charge in [-0.3, -0.25) is 0 Å². The Hall–Kier alpha value is -2.50. The fourth-order valence-corrected chi connectivity index (χ4v) is 2.69. The molecule has 7 heteroatoms. The number of hydrogen-bond donors (Lipinski definition) is 2. The molecule has 0 spiro atoms. The molecule has 0 fully saturated rings. The highest BCUT2D eigenvalue weighted by atomic mass is 35.5. The molecule has 128 valence electrons. The number of carbonyl (C=O) groups excluding carboxylic acids is 1. The van der Waals surface area contributed by atoms with Crippen molar-refractivity contribution in [3.63, 3.8) is 0 Å². The van der Waals surface area contributed by atoms with E-state index >= 15 is 0 Å². The van der Waals surface area contributed by atoms with Crippen LogP contribution in [0.4, 0.5) is 10.5 Å². The zero-order chi connectivity index (χ0) is 17.8. The van der Waals surface area contributed by atoms with Crippen molar-refractivity contribution in [2.45, 2.75) is 6.04 Å². The lowest BCUT2D eigenvalue weighted by Gasteiger charge is -2.19. The van der Waals surface area contributed by atoms with Gasteiger partial charge in [0.25, 0.3) is 0 Å². The first-order valence-corrected chi connectivity index (χ1v) is 8.34. The molecule has 0 aliphatic carbocycles. The number of nitrogens with one attached hydrogen (secondary N) is 2. The second-order valence-electron chi connectivity index (χ2n) is 5.49. The molecule has 5 nitrogen and oxygen atoms in total. The number of halogens is 2. The Balaban J connectivity index is 1.82. The van der Waals surface area contributed by atoms with Crippen LogP contribution in [0.5, 0.6) is 0 Å². The Kier molecular flexibility index (Phi) is 5.26. The topological polar surface area (TPSA) is 59.0 Å². The Morgan fingerprint density at radius 2 is 1.64 bits per heavy atom. The molecule has 1 unspecified atom stereocenters. The van der Waals surface area contributed by atoms with Crippen LogP contribution in [0.3, 0.4) is 0 Å². The quantitative estimate of drug-likeness (QED) is 0.698. The van der Waals surface area contributed by atoms with Crippen LogP contribution in [0.2, 0.25) is 10.0 Å². The van der Waals surface area contributed by atoms with Crippen molar-refractivity contribution in [1.82, 2.24) is 14.9 Å². The van der Waals surface area contributed by atoms with Crippen LogP contribution in [0.15, 0.2) is 60.9 Å². The monoisotopic (exact) mass is 374 g/mol. The van der Waals surface area contributed by atoms with Gasteiger partial charge in [-0.25, -0.2) is 9.78 Å². The van der Waals surface area contributed by atoms with Crippen LogP contribution in [0, 0.1) is 0 Å². The van der Waals surface area contributed by atoms with Crippen LogP contribution in [-0.2, 0) is 7.05 Å². The van der Waals surface area contributed by atoms with Gasteiger partial charge in [-0.2, -0.15) is 0 Å². The lowest BCUT2D eigenvalue weighted by molar-refractivity contribution is 0.249. The number of benzene rings is 2. The molecule has 0 aliphatic rings. The van der Waals surface area contributed by atoms with Gasteiger partial charge >= 0.3 is 6.03 Å². The van der Waals surface area contributed by atoms with E-state index in [1.807, 2.05) is 29.9 Å². The molecule has 0 bridgehead atoms. The van der Waals surface area contributed by atoms with Gasteiger partial charge in [0.05, 0.1) is 0 Å². The molecule has 3 rings (SSSR count). The van der Waals surface area contributed by atoms with Gasteiger partial charge in [-0.05, 0) is 42.0 Å². The molecular weight excluding hydrogens is 359 g/mol. The van der Waals surface area contributed by atoms with E-state index in [1.54, 1.807) is 42.6 Å². The van der Waals surface area contributed by atoms with E-state index in [1.165, 1.54) is 0 Å². The van der Waals surface area contributed by atoms with Crippen molar-refractivity contribution in [1.29, 1.82) is 0 Å². The van der Waals surface area contributed by atoms with E-state index < -0.39 is 6.04 Å². The number of amides is 2. The third kappa shape index (κ3) is 4.32. The average Bonchev–Trinajstić information content (AvgIpc) is 3.01. The standard InChI is InChI=1S/C18H16Cl2N4O/c1-24-11-10-21-17(24)16(12-2-4-13(19)5-3-12)23-18(25)22-15-8-6-14(20)7-9-15/h2-11,16H,1H3,(H2,22,23,25). The molecule has 1 atom stereocenters. The molecular formula is C18H16Cl2N4O. The molecule has 0 saturated carbocycles. The zero-order valence-corrected chi connectivity index (χ0v) is 14.9. The SMILES string of the molecule is Cn1ccnc1C(NC(=O)Nc1ccc(Cl)cc1)c1ccc(Cl)cc1. The largest absolute Gasteiger partial charge is 0.336 e. The fraction of sp³-hybridized carbons (Fsp3) is 0.111. The number of anilines is 1. The second-order valence-corrected chi connectivity index (χ2v) is 6.36. The Bertz CT molecular complexity index is 860. The van der Waals surface area contributed by atoms with E-state index in [9.17, 15) is 4.79 Å². The molecule has 0 saturated heterocycles. The van der Waals surface area contributed by atoms with Gasteiger partial charge in [0.2, 0.25) is 0 Å². The third-order valence-corrected chi connectivity index (χ3v) is 4.20. The van der Waals surface area contributed by atoms with Crippen molar-refractivity contribution in [3.05, 3.63) is 82.4 Å². The summed E-state index contributed by atoms with van der Waals surface area (Å²) in [7, 11) is 1.88. The first kappa shape index (κ1) is 17.3. The van der Waals surface area contributed by atoms with E-state index in [0.717, 1.165) is 5.56 Å². The lowest BCUT2D eigenvalue weighted by atomic mass is 10.1. The van der Waals surface area contributed by atoms with E-state index in [-0.39, 0.29) is 6.03 Å². The molecule has 1 aromatic heterocycles. The molecule has 3 aromatic rings. The van der Waals surface area contributed by atoms with Crippen LogP contribution in [-0.4, -0.2) is 15.6 Å². The molecule has 2 aromatic carbocycles. The second kappa shape index (κ2) is 7.59.